The molecule has 14 heavy (non-hydrogen) atoms. The third-order valence-electron chi connectivity index (χ3n) is 2.43. The molecule has 0 amide bonds. The molecule has 0 fully saturated rings. The van der Waals surface area contributed by atoms with Crippen LogP contribution in [0.3, 0.4) is 0 Å². The zero-order valence-corrected chi connectivity index (χ0v) is 9.56. The van der Waals surface area contributed by atoms with Crippen molar-refractivity contribution in [3.8, 4) is 0 Å². The summed E-state index contributed by atoms with van der Waals surface area (Å²) in [5.74, 6) is 0.261. The molecule has 1 atom stereocenters. The summed E-state index contributed by atoms with van der Waals surface area (Å²) >= 11 is 6.07. The Morgan fingerprint density at radius 1 is 1.50 bits per heavy atom. The van der Waals surface area contributed by atoms with Crippen LogP contribution in [0.4, 0.5) is 0 Å². The smallest absolute Gasteiger partial charge is 0.132 e. The molecule has 1 aromatic rings. The molecule has 1 rings (SSSR count). The van der Waals surface area contributed by atoms with E-state index in [1.807, 2.05) is 32.0 Å². The van der Waals surface area contributed by atoms with Gasteiger partial charge in [-0.05, 0) is 37.5 Å². The Morgan fingerprint density at radius 2 is 2.14 bits per heavy atom. The monoisotopic (exact) mass is 210 g/mol. The summed E-state index contributed by atoms with van der Waals surface area (Å²) < 4.78 is 0. The van der Waals surface area contributed by atoms with E-state index in [9.17, 15) is 4.79 Å². The third-order valence-corrected chi connectivity index (χ3v) is 2.78. The average Bonchev–Trinajstić information content (AvgIpc) is 2.09. The van der Waals surface area contributed by atoms with Crippen molar-refractivity contribution < 1.29 is 4.79 Å². The lowest BCUT2D eigenvalue weighted by atomic mass is 9.97. The highest BCUT2D eigenvalue weighted by Gasteiger charge is 2.10. The summed E-state index contributed by atoms with van der Waals surface area (Å²) in [5.41, 5.74) is 2.20. The maximum absolute atomic E-state index is 11.1. The summed E-state index contributed by atoms with van der Waals surface area (Å²) in [6.07, 6.45) is 0.731. The molecular formula is C12H15ClO. The van der Waals surface area contributed by atoms with Gasteiger partial charge in [0.25, 0.3) is 0 Å². The Kier molecular flexibility index (Phi) is 3.70. The van der Waals surface area contributed by atoms with Gasteiger partial charge in [-0.3, -0.25) is 4.79 Å². The Morgan fingerprint density at radius 3 is 2.64 bits per heavy atom. The van der Waals surface area contributed by atoms with Crippen molar-refractivity contribution in [2.75, 3.05) is 0 Å². The summed E-state index contributed by atoms with van der Waals surface area (Å²) in [5, 5.41) is 0.762. The lowest BCUT2D eigenvalue weighted by Crippen LogP contribution is -2.09. The molecule has 0 spiro atoms. The molecule has 0 N–H and O–H groups in total. The van der Waals surface area contributed by atoms with Crippen molar-refractivity contribution in [1.29, 1.82) is 0 Å². The van der Waals surface area contributed by atoms with E-state index in [0.717, 1.165) is 22.6 Å². The van der Waals surface area contributed by atoms with Crippen LogP contribution in [-0.4, -0.2) is 5.78 Å². The Labute approximate surface area is 90.1 Å². The number of hydrogen-bond donors (Lipinski definition) is 0. The number of carbonyl (C=O) groups excluding carboxylic acids is 1. The topological polar surface area (TPSA) is 17.1 Å². The quantitative estimate of drug-likeness (QED) is 0.747. The van der Waals surface area contributed by atoms with Gasteiger partial charge in [-0.15, -0.1) is 0 Å². The number of aryl methyl sites for hydroxylation is 1. The summed E-state index contributed by atoms with van der Waals surface area (Å²) in [4.78, 5) is 11.1. The molecular weight excluding hydrogens is 196 g/mol. The minimum absolute atomic E-state index is 0.0511. The Balaban J connectivity index is 2.82. The molecule has 76 valence electrons. The fourth-order valence-corrected chi connectivity index (χ4v) is 1.60. The Hall–Kier alpha value is -0.820. The van der Waals surface area contributed by atoms with Gasteiger partial charge in [-0.1, -0.05) is 30.7 Å². The number of rotatable bonds is 3. The maximum Gasteiger partial charge on any atom is 0.132 e. The van der Waals surface area contributed by atoms with Gasteiger partial charge in [-0.25, -0.2) is 0 Å². The maximum atomic E-state index is 11.1. The van der Waals surface area contributed by atoms with Gasteiger partial charge < -0.3 is 0 Å². The van der Waals surface area contributed by atoms with Crippen LogP contribution in [0.5, 0.6) is 0 Å². The minimum atomic E-state index is 0.0511. The van der Waals surface area contributed by atoms with E-state index < -0.39 is 0 Å². The van der Waals surface area contributed by atoms with Crippen LogP contribution in [0, 0.1) is 12.8 Å². The molecule has 2 heteroatoms. The first-order valence-corrected chi connectivity index (χ1v) is 5.14. The fourth-order valence-electron chi connectivity index (χ4n) is 1.29. The molecule has 0 saturated heterocycles. The summed E-state index contributed by atoms with van der Waals surface area (Å²) in [6, 6.07) is 5.95. The van der Waals surface area contributed by atoms with Gasteiger partial charge in [0.2, 0.25) is 0 Å². The van der Waals surface area contributed by atoms with Crippen molar-refractivity contribution in [3.63, 3.8) is 0 Å². The first-order chi connectivity index (χ1) is 6.50. The number of halogens is 1. The molecule has 0 heterocycles. The van der Waals surface area contributed by atoms with E-state index in [2.05, 4.69) is 0 Å². The SMILES string of the molecule is CC(=O)[C@H](C)Cc1ccc(C)cc1Cl. The highest BCUT2D eigenvalue weighted by molar-refractivity contribution is 6.31. The van der Waals surface area contributed by atoms with Gasteiger partial charge in [-0.2, -0.15) is 0 Å². The highest BCUT2D eigenvalue weighted by Crippen LogP contribution is 2.20. The van der Waals surface area contributed by atoms with E-state index in [4.69, 9.17) is 11.6 Å². The van der Waals surface area contributed by atoms with Crippen LogP contribution < -0.4 is 0 Å². The first kappa shape index (κ1) is 11.3. The molecule has 0 aliphatic carbocycles. The van der Waals surface area contributed by atoms with Crippen molar-refractivity contribution in [3.05, 3.63) is 34.3 Å². The van der Waals surface area contributed by atoms with E-state index in [1.165, 1.54) is 0 Å². The number of benzene rings is 1. The zero-order chi connectivity index (χ0) is 10.7. The molecule has 1 nitrogen and oxygen atoms in total. The van der Waals surface area contributed by atoms with E-state index in [-0.39, 0.29) is 11.7 Å². The molecule has 0 aromatic heterocycles. The van der Waals surface area contributed by atoms with Crippen molar-refractivity contribution in [2.45, 2.75) is 27.2 Å². The van der Waals surface area contributed by atoms with Crippen LogP contribution in [0.1, 0.15) is 25.0 Å². The molecule has 0 saturated carbocycles. The molecule has 0 aliphatic heterocycles. The number of carbonyl (C=O) groups is 1. The second-order valence-electron chi connectivity index (χ2n) is 3.81. The second kappa shape index (κ2) is 4.61. The van der Waals surface area contributed by atoms with Crippen molar-refractivity contribution >= 4 is 17.4 Å². The second-order valence-corrected chi connectivity index (χ2v) is 4.22. The van der Waals surface area contributed by atoms with Crippen molar-refractivity contribution in [2.24, 2.45) is 5.92 Å². The predicted octanol–water partition coefficient (Wildman–Crippen LogP) is 3.42. The average molecular weight is 211 g/mol. The normalized spacial score (nSPS) is 12.6. The van der Waals surface area contributed by atoms with Gasteiger partial charge in [0.15, 0.2) is 0 Å². The minimum Gasteiger partial charge on any atom is -0.300 e. The molecule has 0 unspecified atom stereocenters. The molecule has 0 bridgehead atoms. The molecule has 0 aliphatic rings. The summed E-state index contributed by atoms with van der Waals surface area (Å²) in [6.45, 7) is 5.55. The largest absolute Gasteiger partial charge is 0.300 e. The van der Waals surface area contributed by atoms with Crippen molar-refractivity contribution in [1.82, 2.24) is 0 Å². The van der Waals surface area contributed by atoms with Crippen LogP contribution in [0.2, 0.25) is 5.02 Å². The summed E-state index contributed by atoms with van der Waals surface area (Å²) in [7, 11) is 0. The predicted molar refractivity (Wildman–Crippen MR) is 59.7 cm³/mol. The molecule has 0 radical (unpaired) electrons. The van der Waals surface area contributed by atoms with Crippen LogP contribution in [0.15, 0.2) is 18.2 Å². The fraction of sp³-hybridized carbons (Fsp3) is 0.417. The van der Waals surface area contributed by atoms with Gasteiger partial charge >= 0.3 is 0 Å². The Bertz CT molecular complexity index is 344. The lowest BCUT2D eigenvalue weighted by molar-refractivity contribution is -0.120. The first-order valence-electron chi connectivity index (χ1n) is 4.76. The zero-order valence-electron chi connectivity index (χ0n) is 8.80. The number of hydrogen-bond acceptors (Lipinski definition) is 1. The van der Waals surface area contributed by atoms with E-state index >= 15 is 0 Å². The van der Waals surface area contributed by atoms with E-state index in [0.29, 0.717) is 0 Å². The highest BCUT2D eigenvalue weighted by atomic mass is 35.5. The number of ketones is 1. The lowest BCUT2D eigenvalue weighted by Gasteiger charge is -2.09. The van der Waals surface area contributed by atoms with Gasteiger partial charge in [0.1, 0.15) is 5.78 Å². The van der Waals surface area contributed by atoms with Crippen LogP contribution >= 0.6 is 11.6 Å². The standard InChI is InChI=1S/C12H15ClO/c1-8-4-5-11(12(13)6-8)7-9(2)10(3)14/h4-6,9H,7H2,1-3H3/t9-/m1/s1. The van der Waals surface area contributed by atoms with E-state index in [1.54, 1.807) is 6.92 Å². The number of Topliss-reactive ketones (excluding diaryl/α,β-unsaturated/α-hetero) is 1. The molecule has 1 aromatic carbocycles. The van der Waals surface area contributed by atoms with Crippen LogP contribution in [-0.2, 0) is 11.2 Å². The third kappa shape index (κ3) is 2.85. The van der Waals surface area contributed by atoms with Gasteiger partial charge in [0, 0.05) is 10.9 Å². The van der Waals surface area contributed by atoms with Gasteiger partial charge in [0.05, 0.1) is 0 Å². The van der Waals surface area contributed by atoms with Crippen LogP contribution in [0.25, 0.3) is 0 Å².